The van der Waals surface area contributed by atoms with Crippen LogP contribution in [0.25, 0.3) is 11.1 Å². The van der Waals surface area contributed by atoms with E-state index in [1.807, 2.05) is 12.1 Å². The topological polar surface area (TPSA) is 38.3 Å². The molecule has 0 aliphatic carbocycles. The number of benzene rings is 2. The maximum Gasteiger partial charge on any atom is 0.573 e. The van der Waals surface area contributed by atoms with Crippen LogP contribution in [0.5, 0.6) is 5.75 Å². The molecule has 6 heteroatoms. The molecule has 1 N–H and O–H groups in total. The minimum Gasteiger partial charge on any atom is -0.406 e. The molecule has 0 saturated carbocycles. The lowest BCUT2D eigenvalue weighted by atomic mass is 10.0. The highest BCUT2D eigenvalue weighted by atomic mass is 19.4. The zero-order chi connectivity index (χ0) is 15.0. The molecule has 0 aromatic heterocycles. The van der Waals surface area contributed by atoms with Crippen molar-refractivity contribution >= 4 is 5.91 Å². The number of ether oxygens (including phenoxy) is 1. The largest absolute Gasteiger partial charge is 0.573 e. The van der Waals surface area contributed by atoms with E-state index in [1.54, 1.807) is 6.07 Å². The summed E-state index contributed by atoms with van der Waals surface area (Å²) in [6.45, 7) is 0.507. The van der Waals surface area contributed by atoms with E-state index in [-0.39, 0.29) is 11.7 Å². The Morgan fingerprint density at radius 1 is 1.00 bits per heavy atom. The summed E-state index contributed by atoms with van der Waals surface area (Å²) >= 11 is 0. The molecule has 3 nitrogen and oxygen atoms in total. The molecule has 0 spiro atoms. The summed E-state index contributed by atoms with van der Waals surface area (Å²) in [4.78, 5) is 11.6. The van der Waals surface area contributed by atoms with Gasteiger partial charge in [-0.05, 0) is 34.9 Å². The number of carbonyl (C=O) groups excluding carboxylic acids is 1. The van der Waals surface area contributed by atoms with Crippen LogP contribution < -0.4 is 10.1 Å². The monoisotopic (exact) mass is 293 g/mol. The van der Waals surface area contributed by atoms with Crippen LogP contribution in [0.4, 0.5) is 13.2 Å². The summed E-state index contributed by atoms with van der Waals surface area (Å²) in [5, 5.41) is 2.71. The summed E-state index contributed by atoms with van der Waals surface area (Å²) in [6, 6.07) is 10.9. The molecule has 0 fully saturated rings. The van der Waals surface area contributed by atoms with Gasteiger partial charge >= 0.3 is 6.36 Å². The van der Waals surface area contributed by atoms with Crippen LogP contribution in [0.1, 0.15) is 15.9 Å². The van der Waals surface area contributed by atoms with Crippen LogP contribution in [0.15, 0.2) is 42.5 Å². The number of alkyl halides is 3. The second-order valence-electron chi connectivity index (χ2n) is 4.63. The standard InChI is InChI=1S/C15H10F3NO2/c16-15(17,18)21-12-5-3-9(4-6-12)10-1-2-11-8-19-14(20)13(11)7-10/h1-7H,8H2,(H,19,20). The number of carbonyl (C=O) groups is 1. The molecule has 3 rings (SSSR count). The van der Waals surface area contributed by atoms with E-state index in [9.17, 15) is 18.0 Å². The fourth-order valence-electron chi connectivity index (χ4n) is 2.24. The minimum atomic E-state index is -4.70. The highest BCUT2D eigenvalue weighted by Gasteiger charge is 2.31. The summed E-state index contributed by atoms with van der Waals surface area (Å²) in [5.74, 6) is -0.408. The maximum atomic E-state index is 12.1. The number of hydrogen-bond donors (Lipinski definition) is 1. The van der Waals surface area contributed by atoms with Crippen LogP contribution in [-0.4, -0.2) is 12.3 Å². The molecule has 0 saturated heterocycles. The second-order valence-corrected chi connectivity index (χ2v) is 4.63. The maximum absolute atomic E-state index is 12.1. The Balaban J connectivity index is 1.88. The predicted molar refractivity (Wildman–Crippen MR) is 69.7 cm³/mol. The summed E-state index contributed by atoms with van der Waals surface area (Å²) in [6.07, 6.45) is -4.70. The van der Waals surface area contributed by atoms with Crippen molar-refractivity contribution in [3.8, 4) is 16.9 Å². The zero-order valence-electron chi connectivity index (χ0n) is 10.7. The van der Waals surface area contributed by atoms with Gasteiger partial charge in [-0.1, -0.05) is 24.3 Å². The lowest BCUT2D eigenvalue weighted by Crippen LogP contribution is -2.16. The van der Waals surface area contributed by atoms with E-state index in [0.717, 1.165) is 11.1 Å². The van der Waals surface area contributed by atoms with Gasteiger partial charge in [0.2, 0.25) is 0 Å². The lowest BCUT2D eigenvalue weighted by Gasteiger charge is -2.09. The van der Waals surface area contributed by atoms with Gasteiger partial charge in [-0.15, -0.1) is 13.2 Å². The van der Waals surface area contributed by atoms with E-state index < -0.39 is 6.36 Å². The zero-order valence-corrected chi connectivity index (χ0v) is 10.7. The smallest absolute Gasteiger partial charge is 0.406 e. The normalized spacial score (nSPS) is 13.8. The average molecular weight is 293 g/mol. The van der Waals surface area contributed by atoms with Crippen molar-refractivity contribution in [2.45, 2.75) is 12.9 Å². The number of amides is 1. The van der Waals surface area contributed by atoms with Crippen LogP contribution in [-0.2, 0) is 6.54 Å². The third-order valence-corrected chi connectivity index (χ3v) is 3.22. The van der Waals surface area contributed by atoms with Crippen molar-refractivity contribution in [3.63, 3.8) is 0 Å². The molecule has 1 heterocycles. The first kappa shape index (κ1) is 13.5. The van der Waals surface area contributed by atoms with Gasteiger partial charge in [0.05, 0.1) is 0 Å². The molecule has 1 aliphatic rings. The van der Waals surface area contributed by atoms with Gasteiger partial charge in [-0.3, -0.25) is 4.79 Å². The molecule has 1 amide bonds. The average Bonchev–Trinajstić information content (AvgIpc) is 2.79. The number of fused-ring (bicyclic) bond motifs is 1. The van der Waals surface area contributed by atoms with Gasteiger partial charge in [0, 0.05) is 12.1 Å². The Morgan fingerprint density at radius 3 is 2.33 bits per heavy atom. The van der Waals surface area contributed by atoms with E-state index in [2.05, 4.69) is 10.1 Å². The van der Waals surface area contributed by atoms with Gasteiger partial charge in [0.25, 0.3) is 5.91 Å². The number of nitrogens with one attached hydrogen (secondary N) is 1. The molecular weight excluding hydrogens is 283 g/mol. The molecule has 0 bridgehead atoms. The van der Waals surface area contributed by atoms with Crippen LogP contribution in [0.3, 0.4) is 0 Å². The van der Waals surface area contributed by atoms with Gasteiger partial charge in [0.1, 0.15) is 5.75 Å². The van der Waals surface area contributed by atoms with Crippen molar-refractivity contribution < 1.29 is 22.7 Å². The SMILES string of the molecule is O=C1NCc2ccc(-c3ccc(OC(F)(F)F)cc3)cc21. The third kappa shape index (κ3) is 2.84. The van der Waals surface area contributed by atoms with Crippen molar-refractivity contribution in [1.29, 1.82) is 0 Å². The van der Waals surface area contributed by atoms with E-state index in [4.69, 9.17) is 0 Å². The first-order valence-corrected chi connectivity index (χ1v) is 6.20. The van der Waals surface area contributed by atoms with Gasteiger partial charge in [0.15, 0.2) is 0 Å². The molecule has 108 valence electrons. The molecule has 21 heavy (non-hydrogen) atoms. The number of halogens is 3. The van der Waals surface area contributed by atoms with E-state index >= 15 is 0 Å². The number of hydrogen-bond acceptors (Lipinski definition) is 2. The Hall–Kier alpha value is -2.50. The predicted octanol–water partition coefficient (Wildman–Crippen LogP) is 3.50. The number of rotatable bonds is 2. The van der Waals surface area contributed by atoms with Crippen LogP contribution in [0.2, 0.25) is 0 Å². The second kappa shape index (κ2) is 4.80. The molecular formula is C15H10F3NO2. The molecule has 1 aliphatic heterocycles. The molecule has 0 radical (unpaired) electrons. The Bertz CT molecular complexity index is 693. The van der Waals surface area contributed by atoms with E-state index in [1.165, 1.54) is 24.3 Å². The minimum absolute atomic E-state index is 0.135. The molecule has 0 unspecified atom stereocenters. The van der Waals surface area contributed by atoms with Crippen molar-refractivity contribution in [3.05, 3.63) is 53.6 Å². The summed E-state index contributed by atoms with van der Waals surface area (Å²) < 4.78 is 40.1. The van der Waals surface area contributed by atoms with Gasteiger partial charge in [-0.2, -0.15) is 0 Å². The molecule has 2 aromatic carbocycles. The molecule has 2 aromatic rings. The lowest BCUT2D eigenvalue weighted by molar-refractivity contribution is -0.274. The summed E-state index contributed by atoms with van der Waals surface area (Å²) in [7, 11) is 0. The fourth-order valence-corrected chi connectivity index (χ4v) is 2.24. The highest BCUT2D eigenvalue weighted by Crippen LogP contribution is 2.28. The Kier molecular flexibility index (Phi) is 3.08. The molecule has 0 atom stereocenters. The first-order valence-electron chi connectivity index (χ1n) is 6.20. The van der Waals surface area contributed by atoms with E-state index in [0.29, 0.717) is 17.7 Å². The van der Waals surface area contributed by atoms with Crippen molar-refractivity contribution in [1.82, 2.24) is 5.32 Å². The van der Waals surface area contributed by atoms with Crippen molar-refractivity contribution in [2.24, 2.45) is 0 Å². The van der Waals surface area contributed by atoms with Crippen LogP contribution >= 0.6 is 0 Å². The van der Waals surface area contributed by atoms with Crippen LogP contribution in [0, 0.1) is 0 Å². The Morgan fingerprint density at radius 2 is 1.67 bits per heavy atom. The first-order chi connectivity index (χ1) is 9.92. The quantitative estimate of drug-likeness (QED) is 0.920. The van der Waals surface area contributed by atoms with Gasteiger partial charge < -0.3 is 10.1 Å². The van der Waals surface area contributed by atoms with Crippen molar-refractivity contribution in [2.75, 3.05) is 0 Å². The Labute approximate surface area is 118 Å². The fraction of sp³-hybridized carbons (Fsp3) is 0.133. The highest BCUT2D eigenvalue weighted by molar-refractivity contribution is 5.99. The summed E-state index contributed by atoms with van der Waals surface area (Å²) in [5.41, 5.74) is 3.00. The van der Waals surface area contributed by atoms with Gasteiger partial charge in [-0.25, -0.2) is 0 Å². The third-order valence-electron chi connectivity index (χ3n) is 3.22.